The second-order valence-corrected chi connectivity index (χ2v) is 5.90. The predicted molar refractivity (Wildman–Crippen MR) is 92.9 cm³/mol. The summed E-state index contributed by atoms with van der Waals surface area (Å²) >= 11 is 3.42. The third kappa shape index (κ3) is 4.28. The highest BCUT2D eigenvalue weighted by atomic mass is 79.9. The molecule has 1 heterocycles. The number of carbonyl (C=O) groups is 1. The minimum Gasteiger partial charge on any atom is -0.492 e. The number of benzene rings is 1. The van der Waals surface area contributed by atoms with Gasteiger partial charge in [-0.2, -0.15) is 5.26 Å². The van der Waals surface area contributed by atoms with Crippen LogP contribution in [-0.4, -0.2) is 50.8 Å². The van der Waals surface area contributed by atoms with Crippen LogP contribution in [0.4, 0.5) is 0 Å². The number of nitriles is 1. The van der Waals surface area contributed by atoms with Gasteiger partial charge < -0.3 is 19.1 Å². The number of carbonyl (C=O) groups excluding carboxylic acids is 1. The monoisotopic (exact) mass is 394 g/mol. The van der Waals surface area contributed by atoms with Crippen molar-refractivity contribution in [1.82, 2.24) is 4.90 Å². The van der Waals surface area contributed by atoms with Crippen LogP contribution in [0.1, 0.15) is 12.5 Å². The van der Waals surface area contributed by atoms with Gasteiger partial charge in [-0.1, -0.05) is 0 Å². The van der Waals surface area contributed by atoms with Crippen LogP contribution in [0.25, 0.3) is 6.08 Å². The summed E-state index contributed by atoms with van der Waals surface area (Å²) in [6, 6.07) is 5.52. The summed E-state index contributed by atoms with van der Waals surface area (Å²) in [7, 11) is 1.56. The minimum atomic E-state index is -0.286. The fraction of sp³-hybridized carbons (Fsp3) is 0.412. The Morgan fingerprint density at radius 1 is 1.46 bits per heavy atom. The Balaban J connectivity index is 2.33. The van der Waals surface area contributed by atoms with Gasteiger partial charge in [0, 0.05) is 13.1 Å². The van der Waals surface area contributed by atoms with Gasteiger partial charge in [-0.05, 0) is 46.6 Å². The molecular formula is C17H19BrN2O4. The largest absolute Gasteiger partial charge is 0.492 e. The number of nitrogens with zero attached hydrogens (tertiary/aromatic N) is 2. The standard InChI is InChI=1S/C17H19BrN2O4/c1-3-24-15-10-12(9-14(18)16(15)22-2)8-13(11-19)17(21)20-4-6-23-7-5-20/h8-10H,3-7H2,1-2H3/b13-8+. The first kappa shape index (κ1) is 18.3. The molecule has 1 aromatic carbocycles. The topological polar surface area (TPSA) is 71.8 Å². The van der Waals surface area contributed by atoms with Crippen LogP contribution in [0.5, 0.6) is 11.5 Å². The third-order valence-electron chi connectivity index (χ3n) is 3.50. The van der Waals surface area contributed by atoms with E-state index in [4.69, 9.17) is 14.2 Å². The van der Waals surface area contributed by atoms with Crippen molar-refractivity contribution in [3.05, 3.63) is 27.7 Å². The summed E-state index contributed by atoms with van der Waals surface area (Å²) in [5.41, 5.74) is 0.765. The van der Waals surface area contributed by atoms with Crippen LogP contribution in [0.3, 0.4) is 0 Å². The number of rotatable bonds is 5. The van der Waals surface area contributed by atoms with E-state index in [1.165, 1.54) is 0 Å². The van der Waals surface area contributed by atoms with Crippen LogP contribution in [0, 0.1) is 11.3 Å². The molecule has 128 valence electrons. The quantitative estimate of drug-likeness (QED) is 0.566. The highest BCUT2D eigenvalue weighted by Gasteiger charge is 2.21. The van der Waals surface area contributed by atoms with Crippen molar-refractivity contribution in [3.63, 3.8) is 0 Å². The second kappa shape index (κ2) is 8.71. The number of hydrogen-bond donors (Lipinski definition) is 0. The van der Waals surface area contributed by atoms with Crippen LogP contribution in [0.15, 0.2) is 22.2 Å². The molecule has 1 aliphatic heterocycles. The predicted octanol–water partition coefficient (Wildman–Crippen LogP) is 2.62. The van der Waals surface area contributed by atoms with Gasteiger partial charge >= 0.3 is 0 Å². The van der Waals surface area contributed by atoms with E-state index in [-0.39, 0.29) is 11.5 Å². The molecule has 24 heavy (non-hydrogen) atoms. The molecule has 6 nitrogen and oxygen atoms in total. The third-order valence-corrected chi connectivity index (χ3v) is 4.09. The lowest BCUT2D eigenvalue weighted by Crippen LogP contribution is -2.41. The van der Waals surface area contributed by atoms with E-state index in [0.717, 1.165) is 0 Å². The zero-order chi connectivity index (χ0) is 17.5. The molecule has 1 aliphatic rings. The van der Waals surface area contributed by atoms with Gasteiger partial charge in [-0.25, -0.2) is 0 Å². The van der Waals surface area contributed by atoms with Crippen molar-refractivity contribution in [1.29, 1.82) is 5.26 Å². The zero-order valence-corrected chi connectivity index (χ0v) is 15.3. The van der Waals surface area contributed by atoms with Gasteiger partial charge in [0.2, 0.25) is 0 Å². The normalized spacial score (nSPS) is 14.9. The number of amides is 1. The smallest absolute Gasteiger partial charge is 0.264 e. The van der Waals surface area contributed by atoms with E-state index in [0.29, 0.717) is 54.4 Å². The van der Waals surface area contributed by atoms with E-state index < -0.39 is 0 Å². The van der Waals surface area contributed by atoms with Crippen molar-refractivity contribution >= 4 is 27.9 Å². The SMILES string of the molecule is CCOc1cc(/C=C(\C#N)C(=O)N2CCOCC2)cc(Br)c1OC. The van der Waals surface area contributed by atoms with Gasteiger partial charge in [0.25, 0.3) is 5.91 Å². The Labute approximate surface area is 149 Å². The Morgan fingerprint density at radius 2 is 2.17 bits per heavy atom. The molecule has 0 saturated carbocycles. The molecule has 0 N–H and O–H groups in total. The second-order valence-electron chi connectivity index (χ2n) is 5.04. The maximum Gasteiger partial charge on any atom is 0.264 e. The van der Waals surface area contributed by atoms with Gasteiger partial charge in [0.15, 0.2) is 11.5 Å². The molecule has 1 saturated heterocycles. The molecule has 1 amide bonds. The van der Waals surface area contributed by atoms with Crippen molar-refractivity contribution in [2.75, 3.05) is 40.0 Å². The van der Waals surface area contributed by atoms with Crippen LogP contribution in [-0.2, 0) is 9.53 Å². The van der Waals surface area contributed by atoms with E-state index in [9.17, 15) is 10.1 Å². The summed E-state index contributed by atoms with van der Waals surface area (Å²) in [6.45, 7) is 4.33. The van der Waals surface area contributed by atoms with Crippen molar-refractivity contribution in [2.45, 2.75) is 6.92 Å². The van der Waals surface area contributed by atoms with E-state index in [1.807, 2.05) is 13.0 Å². The molecule has 0 bridgehead atoms. The highest BCUT2D eigenvalue weighted by molar-refractivity contribution is 9.10. The summed E-state index contributed by atoms with van der Waals surface area (Å²) in [5, 5.41) is 9.37. The summed E-state index contributed by atoms with van der Waals surface area (Å²) in [4.78, 5) is 14.1. The minimum absolute atomic E-state index is 0.0800. The molecule has 7 heteroatoms. The van der Waals surface area contributed by atoms with Gasteiger partial charge in [0.05, 0.1) is 31.4 Å². The average Bonchev–Trinajstić information content (AvgIpc) is 2.60. The average molecular weight is 395 g/mol. The molecule has 0 aliphatic carbocycles. The lowest BCUT2D eigenvalue weighted by molar-refractivity contribution is -0.130. The number of morpholine rings is 1. The lowest BCUT2D eigenvalue weighted by atomic mass is 10.1. The van der Waals surface area contributed by atoms with Crippen LogP contribution >= 0.6 is 15.9 Å². The first-order chi connectivity index (χ1) is 11.6. The van der Waals surface area contributed by atoms with Crippen molar-refractivity contribution in [2.24, 2.45) is 0 Å². The van der Waals surface area contributed by atoms with E-state index in [1.54, 1.807) is 30.2 Å². The van der Waals surface area contributed by atoms with Crippen LogP contribution in [0.2, 0.25) is 0 Å². The summed E-state index contributed by atoms with van der Waals surface area (Å²) in [5.74, 6) is 0.842. The Hall–Kier alpha value is -2.04. The van der Waals surface area contributed by atoms with Crippen molar-refractivity contribution in [3.8, 4) is 17.6 Å². The fourth-order valence-corrected chi connectivity index (χ4v) is 3.00. The van der Waals surface area contributed by atoms with Gasteiger partial charge in [-0.15, -0.1) is 0 Å². The lowest BCUT2D eigenvalue weighted by Gasteiger charge is -2.26. The molecule has 2 rings (SSSR count). The van der Waals surface area contributed by atoms with Gasteiger partial charge in [0.1, 0.15) is 11.6 Å². The first-order valence-electron chi connectivity index (χ1n) is 7.59. The molecule has 1 aromatic rings. The molecule has 0 unspecified atom stereocenters. The molecule has 0 atom stereocenters. The summed E-state index contributed by atoms with van der Waals surface area (Å²) < 4.78 is 16.8. The van der Waals surface area contributed by atoms with Crippen LogP contribution < -0.4 is 9.47 Å². The van der Waals surface area contributed by atoms with E-state index >= 15 is 0 Å². The molecular weight excluding hydrogens is 376 g/mol. The number of methoxy groups -OCH3 is 1. The molecule has 0 spiro atoms. The fourth-order valence-electron chi connectivity index (χ4n) is 2.38. The summed E-state index contributed by atoms with van der Waals surface area (Å²) in [6.07, 6.45) is 1.56. The Morgan fingerprint density at radius 3 is 2.75 bits per heavy atom. The van der Waals surface area contributed by atoms with Gasteiger partial charge in [-0.3, -0.25) is 4.79 Å². The molecule has 0 aromatic heterocycles. The number of halogens is 1. The molecule has 1 fully saturated rings. The van der Waals surface area contributed by atoms with E-state index in [2.05, 4.69) is 15.9 Å². The molecule has 0 radical (unpaired) electrons. The zero-order valence-electron chi connectivity index (χ0n) is 13.7. The number of hydrogen-bond acceptors (Lipinski definition) is 5. The maximum absolute atomic E-state index is 12.5. The first-order valence-corrected chi connectivity index (χ1v) is 8.39. The Kier molecular flexibility index (Phi) is 6.64. The number of ether oxygens (including phenoxy) is 3. The highest BCUT2D eigenvalue weighted by Crippen LogP contribution is 2.37. The van der Waals surface area contributed by atoms with Crippen molar-refractivity contribution < 1.29 is 19.0 Å². The Bertz CT molecular complexity index is 676. The maximum atomic E-state index is 12.5.